The number of benzene rings is 1. The molecule has 1 aromatic rings. The third-order valence-corrected chi connectivity index (χ3v) is 6.41. The fourth-order valence-electron chi connectivity index (χ4n) is 3.09. The van der Waals surface area contributed by atoms with Crippen molar-refractivity contribution in [1.82, 2.24) is 0 Å². The Kier molecular flexibility index (Phi) is 9.89. The van der Waals surface area contributed by atoms with Crippen LogP contribution in [0.1, 0.15) is 52.0 Å². The van der Waals surface area contributed by atoms with Crippen molar-refractivity contribution in [2.24, 2.45) is 0 Å². The molecule has 27 heavy (non-hydrogen) atoms. The van der Waals surface area contributed by atoms with Crippen molar-refractivity contribution in [3.63, 3.8) is 0 Å². The molecule has 0 amide bonds. The number of thioether (sulfide) groups is 1. The molecule has 0 saturated carbocycles. The van der Waals surface area contributed by atoms with E-state index in [4.69, 9.17) is 0 Å². The highest BCUT2D eigenvalue weighted by Gasteiger charge is 2.16. The maximum atomic E-state index is 11.7. The van der Waals surface area contributed by atoms with Crippen LogP contribution >= 0.6 is 11.8 Å². The summed E-state index contributed by atoms with van der Waals surface area (Å²) < 4.78 is 23.3. The smallest absolute Gasteiger partial charge is 0.175 e. The Bertz CT molecular complexity index is 824. The second kappa shape index (κ2) is 11.4. The van der Waals surface area contributed by atoms with Crippen LogP contribution in [0.2, 0.25) is 0 Å². The molecule has 0 bridgehead atoms. The molecule has 0 radical (unpaired) electrons. The summed E-state index contributed by atoms with van der Waals surface area (Å²) in [5.74, 6) is 0. The molecule has 2 nitrogen and oxygen atoms in total. The summed E-state index contributed by atoms with van der Waals surface area (Å²) in [7, 11) is -3.15. The highest BCUT2D eigenvalue weighted by atomic mass is 32.2. The first-order valence-corrected chi connectivity index (χ1v) is 12.6. The summed E-state index contributed by atoms with van der Waals surface area (Å²) in [5, 5.41) is 0. The van der Waals surface area contributed by atoms with E-state index in [9.17, 15) is 8.42 Å². The van der Waals surface area contributed by atoms with Gasteiger partial charge >= 0.3 is 0 Å². The minimum absolute atomic E-state index is 0.375. The summed E-state index contributed by atoms with van der Waals surface area (Å²) in [5.41, 5.74) is 5.14. The van der Waals surface area contributed by atoms with Crippen LogP contribution < -0.4 is 0 Å². The van der Waals surface area contributed by atoms with Gasteiger partial charge in [-0.1, -0.05) is 44.7 Å². The molecule has 1 aromatic carbocycles. The molecule has 1 aliphatic rings. The molecule has 0 aliphatic heterocycles. The normalized spacial score (nSPS) is 15.9. The van der Waals surface area contributed by atoms with Gasteiger partial charge in [0.15, 0.2) is 9.84 Å². The van der Waals surface area contributed by atoms with Gasteiger partial charge < -0.3 is 0 Å². The highest BCUT2D eigenvalue weighted by molar-refractivity contribution is 8.02. The van der Waals surface area contributed by atoms with E-state index >= 15 is 0 Å². The molecule has 4 heteroatoms. The zero-order valence-electron chi connectivity index (χ0n) is 17.2. The zero-order chi connectivity index (χ0) is 20.4. The third kappa shape index (κ3) is 6.86. The quantitative estimate of drug-likeness (QED) is 0.488. The van der Waals surface area contributed by atoms with Gasteiger partial charge in [-0.05, 0) is 79.4 Å². The van der Waals surface area contributed by atoms with Gasteiger partial charge in [-0.25, -0.2) is 8.42 Å². The van der Waals surface area contributed by atoms with Gasteiger partial charge in [0.1, 0.15) is 0 Å². The molecule has 0 fully saturated rings. The van der Waals surface area contributed by atoms with E-state index in [1.165, 1.54) is 35.8 Å². The lowest BCUT2D eigenvalue weighted by atomic mass is 9.84. The topological polar surface area (TPSA) is 34.1 Å². The number of rotatable bonds is 6. The van der Waals surface area contributed by atoms with Crippen molar-refractivity contribution in [1.29, 1.82) is 0 Å². The van der Waals surface area contributed by atoms with Gasteiger partial charge in [0.25, 0.3) is 0 Å². The molecule has 0 N–H and O–H groups in total. The first kappa shape index (κ1) is 23.5. The SMILES string of the molecule is C=C/C(=C\C=C(/C)C1=C(c2ccc(S(C)(=O)=O)cc2)CCCC1)SC.CC. The first-order chi connectivity index (χ1) is 12.9. The predicted molar refractivity (Wildman–Crippen MR) is 122 cm³/mol. The fraction of sp³-hybridized carbons (Fsp3) is 0.391. The van der Waals surface area contributed by atoms with E-state index in [2.05, 4.69) is 25.7 Å². The third-order valence-electron chi connectivity index (χ3n) is 4.51. The Morgan fingerprint density at radius 1 is 1.07 bits per heavy atom. The molecule has 0 unspecified atom stereocenters. The summed E-state index contributed by atoms with van der Waals surface area (Å²) in [4.78, 5) is 1.52. The van der Waals surface area contributed by atoms with Gasteiger partial charge in [0, 0.05) is 11.2 Å². The fourth-order valence-corrected chi connectivity index (χ4v) is 4.09. The average Bonchev–Trinajstić information content (AvgIpc) is 2.69. The minimum atomic E-state index is -3.15. The van der Waals surface area contributed by atoms with Gasteiger partial charge in [0.05, 0.1) is 4.90 Å². The lowest BCUT2D eigenvalue weighted by Crippen LogP contribution is -2.02. The molecule has 0 aromatic heterocycles. The van der Waals surface area contributed by atoms with Crippen LogP contribution in [-0.4, -0.2) is 20.9 Å². The highest BCUT2D eigenvalue weighted by Crippen LogP contribution is 2.36. The van der Waals surface area contributed by atoms with E-state index in [1.807, 2.05) is 38.3 Å². The molecule has 0 spiro atoms. The lowest BCUT2D eigenvalue weighted by molar-refractivity contribution is 0.602. The average molecular weight is 405 g/mol. The molecular weight excluding hydrogens is 372 g/mol. The van der Waals surface area contributed by atoms with Crippen LogP contribution in [0.3, 0.4) is 0 Å². The van der Waals surface area contributed by atoms with Crippen LogP contribution in [0.25, 0.3) is 5.57 Å². The summed E-state index contributed by atoms with van der Waals surface area (Å²) in [6.07, 6.45) is 13.9. The molecule has 1 aliphatic carbocycles. The van der Waals surface area contributed by atoms with Crippen LogP contribution in [-0.2, 0) is 9.84 Å². The summed E-state index contributed by atoms with van der Waals surface area (Å²) in [6.45, 7) is 9.99. The second-order valence-corrected chi connectivity index (χ2v) is 9.18. The summed E-state index contributed by atoms with van der Waals surface area (Å²) >= 11 is 1.69. The Labute approximate surface area is 170 Å². The van der Waals surface area contributed by atoms with Gasteiger partial charge in [-0.2, -0.15) is 0 Å². The molecule has 0 heterocycles. The van der Waals surface area contributed by atoms with Crippen molar-refractivity contribution in [2.75, 3.05) is 12.5 Å². The van der Waals surface area contributed by atoms with Crippen molar-refractivity contribution in [3.8, 4) is 0 Å². The molecule has 0 saturated heterocycles. The predicted octanol–water partition coefficient (Wildman–Crippen LogP) is 6.82. The van der Waals surface area contributed by atoms with E-state index in [0.29, 0.717) is 4.90 Å². The van der Waals surface area contributed by atoms with Crippen LogP contribution in [0.5, 0.6) is 0 Å². The van der Waals surface area contributed by atoms with E-state index in [-0.39, 0.29) is 0 Å². The minimum Gasteiger partial charge on any atom is -0.224 e. The lowest BCUT2D eigenvalue weighted by Gasteiger charge is -2.21. The molecule has 148 valence electrons. The first-order valence-electron chi connectivity index (χ1n) is 9.44. The van der Waals surface area contributed by atoms with Crippen molar-refractivity contribution in [3.05, 3.63) is 70.7 Å². The summed E-state index contributed by atoms with van der Waals surface area (Å²) in [6, 6.07) is 7.31. The Morgan fingerprint density at radius 3 is 2.19 bits per heavy atom. The van der Waals surface area contributed by atoms with Crippen molar-refractivity contribution < 1.29 is 8.42 Å². The Balaban J connectivity index is 0.00000176. The van der Waals surface area contributed by atoms with E-state index < -0.39 is 9.84 Å². The van der Waals surface area contributed by atoms with Crippen molar-refractivity contribution >= 4 is 27.2 Å². The number of sulfone groups is 1. The van der Waals surface area contributed by atoms with Gasteiger partial charge in [0.2, 0.25) is 0 Å². The number of hydrogen-bond donors (Lipinski definition) is 0. The van der Waals surface area contributed by atoms with Crippen LogP contribution in [0.4, 0.5) is 0 Å². The Hall–Kier alpha value is -1.52. The Morgan fingerprint density at radius 2 is 1.67 bits per heavy atom. The number of allylic oxidation sites excluding steroid dienone is 6. The van der Waals surface area contributed by atoms with E-state index in [1.54, 1.807) is 23.9 Å². The zero-order valence-corrected chi connectivity index (χ0v) is 18.8. The number of hydrogen-bond acceptors (Lipinski definition) is 3. The van der Waals surface area contributed by atoms with Crippen molar-refractivity contribution in [2.45, 2.75) is 51.3 Å². The molecular formula is C23H32O2S2. The molecule has 0 atom stereocenters. The monoisotopic (exact) mass is 404 g/mol. The maximum absolute atomic E-state index is 11.7. The van der Waals surface area contributed by atoms with E-state index in [0.717, 1.165) is 23.3 Å². The van der Waals surface area contributed by atoms with Crippen LogP contribution in [0.15, 0.2) is 70.0 Å². The largest absolute Gasteiger partial charge is 0.224 e. The van der Waals surface area contributed by atoms with Gasteiger partial charge in [-0.3, -0.25) is 0 Å². The van der Waals surface area contributed by atoms with Gasteiger partial charge in [-0.15, -0.1) is 11.8 Å². The second-order valence-electron chi connectivity index (χ2n) is 6.29. The maximum Gasteiger partial charge on any atom is 0.175 e. The standard InChI is InChI=1S/C21H26O2S2.C2H6/c1-5-18(24-3)13-10-16(2)20-8-6-7-9-21(20)17-11-14-19(15-12-17)25(4,22)23;1-2/h5,10-15H,1,6-9H2,2-4H3;1-2H3/b16-10+,18-13+;. The molecule has 2 rings (SSSR count). The van der Waals surface area contributed by atoms with Crippen LogP contribution in [0, 0.1) is 0 Å².